The third kappa shape index (κ3) is 4.25. The molecule has 6 nitrogen and oxygen atoms in total. The molecule has 0 unspecified atom stereocenters. The van der Waals surface area contributed by atoms with Crippen LogP contribution in [0.1, 0.15) is 12.5 Å². The van der Waals surface area contributed by atoms with E-state index < -0.39 is 0 Å². The molecule has 0 spiro atoms. The Balaban J connectivity index is 2.18. The molecule has 0 radical (unpaired) electrons. The molecule has 1 aromatic heterocycles. The first kappa shape index (κ1) is 17.3. The number of nitrogens with one attached hydrogen (secondary N) is 1. The summed E-state index contributed by atoms with van der Waals surface area (Å²) in [4.78, 5) is 11.9. The predicted molar refractivity (Wildman–Crippen MR) is 93.5 cm³/mol. The minimum absolute atomic E-state index is 0.215. The first-order chi connectivity index (χ1) is 11.7. The molecule has 0 aliphatic heterocycles. The molecule has 0 atom stereocenters. The van der Waals surface area contributed by atoms with Gasteiger partial charge in [0.25, 0.3) is 0 Å². The fourth-order valence-electron chi connectivity index (χ4n) is 2.23. The monoisotopic (exact) mass is 327 g/mol. The highest BCUT2D eigenvalue weighted by Gasteiger charge is 2.12. The summed E-state index contributed by atoms with van der Waals surface area (Å²) in [6.07, 6.45) is 8.42. The molecule has 2 rings (SSSR count). The molecular formula is C18H21N3O3. The predicted octanol–water partition coefficient (Wildman–Crippen LogP) is 3.02. The largest absolute Gasteiger partial charge is 0.493 e. The van der Waals surface area contributed by atoms with Gasteiger partial charge in [-0.05, 0) is 13.0 Å². The zero-order valence-corrected chi connectivity index (χ0v) is 14.0. The van der Waals surface area contributed by atoms with Crippen LogP contribution in [0.5, 0.6) is 11.5 Å². The summed E-state index contributed by atoms with van der Waals surface area (Å²) in [6, 6.07) is 7.40. The normalized spacial score (nSPS) is 11.1. The van der Waals surface area contributed by atoms with Crippen LogP contribution in [-0.4, -0.2) is 29.9 Å². The molecule has 6 heteroatoms. The standard InChI is InChI=1S/C18H21N3O3/c1-4-5-6-10-17(22)20-16-11-12-19-21(16)13-14-8-7-9-15(23-2)18(14)24-3/h4-12H,13H2,1-3H3,(H,20,22). The lowest BCUT2D eigenvalue weighted by Crippen LogP contribution is -2.14. The zero-order chi connectivity index (χ0) is 17.4. The maximum absolute atomic E-state index is 11.9. The van der Waals surface area contributed by atoms with Crippen molar-refractivity contribution in [1.29, 1.82) is 0 Å². The van der Waals surface area contributed by atoms with E-state index >= 15 is 0 Å². The molecule has 1 heterocycles. The molecule has 1 amide bonds. The van der Waals surface area contributed by atoms with Gasteiger partial charge in [-0.25, -0.2) is 4.68 Å². The lowest BCUT2D eigenvalue weighted by Gasteiger charge is -2.14. The van der Waals surface area contributed by atoms with Gasteiger partial charge >= 0.3 is 0 Å². The highest BCUT2D eigenvalue weighted by molar-refractivity contribution is 5.98. The van der Waals surface area contributed by atoms with Crippen LogP contribution in [0.4, 0.5) is 5.82 Å². The van der Waals surface area contributed by atoms with Crippen molar-refractivity contribution in [3.63, 3.8) is 0 Å². The number of carbonyl (C=O) groups excluding carboxylic acids is 1. The van der Waals surface area contributed by atoms with E-state index in [9.17, 15) is 4.79 Å². The minimum Gasteiger partial charge on any atom is -0.493 e. The Morgan fingerprint density at radius 2 is 2.08 bits per heavy atom. The third-order valence-electron chi connectivity index (χ3n) is 3.32. The molecule has 0 saturated heterocycles. The van der Waals surface area contributed by atoms with Gasteiger partial charge < -0.3 is 14.8 Å². The Morgan fingerprint density at radius 1 is 1.25 bits per heavy atom. The summed E-state index contributed by atoms with van der Waals surface area (Å²) in [5.74, 6) is 1.70. The number of hydrogen-bond acceptors (Lipinski definition) is 4. The number of anilines is 1. The third-order valence-corrected chi connectivity index (χ3v) is 3.32. The highest BCUT2D eigenvalue weighted by atomic mass is 16.5. The molecule has 0 aliphatic carbocycles. The van der Waals surface area contributed by atoms with E-state index in [0.29, 0.717) is 23.9 Å². The van der Waals surface area contributed by atoms with Crippen LogP contribution in [-0.2, 0) is 11.3 Å². The second-order valence-electron chi connectivity index (χ2n) is 4.90. The van der Waals surface area contributed by atoms with Crippen molar-refractivity contribution in [3.8, 4) is 11.5 Å². The molecule has 0 fully saturated rings. The zero-order valence-electron chi connectivity index (χ0n) is 14.0. The molecular weight excluding hydrogens is 306 g/mol. The van der Waals surface area contributed by atoms with Crippen molar-refractivity contribution >= 4 is 11.7 Å². The molecule has 126 valence electrons. The number of allylic oxidation sites excluding steroid dienone is 3. The van der Waals surface area contributed by atoms with E-state index in [1.54, 1.807) is 43.3 Å². The van der Waals surface area contributed by atoms with Gasteiger partial charge in [-0.2, -0.15) is 5.10 Å². The fourth-order valence-corrected chi connectivity index (χ4v) is 2.23. The average Bonchev–Trinajstić information content (AvgIpc) is 3.01. The number of para-hydroxylation sites is 1. The van der Waals surface area contributed by atoms with Crippen molar-refractivity contribution in [2.24, 2.45) is 0 Å². The number of amides is 1. The van der Waals surface area contributed by atoms with Crippen LogP contribution in [0, 0.1) is 0 Å². The molecule has 2 aromatic rings. The second kappa shape index (κ2) is 8.57. The van der Waals surface area contributed by atoms with E-state index in [-0.39, 0.29) is 5.91 Å². The average molecular weight is 327 g/mol. The summed E-state index contributed by atoms with van der Waals surface area (Å²) in [5.41, 5.74) is 0.903. The molecule has 0 aliphatic rings. The van der Waals surface area contributed by atoms with Crippen LogP contribution in [0.3, 0.4) is 0 Å². The molecule has 1 aromatic carbocycles. The van der Waals surface area contributed by atoms with Crippen molar-refractivity contribution in [3.05, 3.63) is 60.3 Å². The van der Waals surface area contributed by atoms with Crippen molar-refractivity contribution in [2.45, 2.75) is 13.5 Å². The highest BCUT2D eigenvalue weighted by Crippen LogP contribution is 2.31. The number of ether oxygens (including phenoxy) is 2. The maximum atomic E-state index is 11.9. The SMILES string of the molecule is CC=CC=CC(=O)Nc1ccnn1Cc1cccc(OC)c1OC. The summed E-state index contributed by atoms with van der Waals surface area (Å²) in [5, 5.41) is 7.06. The first-order valence-corrected chi connectivity index (χ1v) is 7.51. The van der Waals surface area contributed by atoms with Crippen molar-refractivity contribution in [1.82, 2.24) is 9.78 Å². The fraction of sp³-hybridized carbons (Fsp3) is 0.222. The molecule has 1 N–H and O–H groups in total. The number of nitrogens with zero attached hydrogens (tertiary/aromatic N) is 2. The number of aromatic nitrogens is 2. The second-order valence-corrected chi connectivity index (χ2v) is 4.90. The van der Waals surface area contributed by atoms with E-state index in [1.807, 2.05) is 31.2 Å². The van der Waals surface area contributed by atoms with Gasteiger partial charge in [0.15, 0.2) is 11.5 Å². The van der Waals surface area contributed by atoms with Gasteiger partial charge in [-0.15, -0.1) is 0 Å². The Bertz CT molecular complexity index is 748. The van der Waals surface area contributed by atoms with Crippen LogP contribution in [0.15, 0.2) is 54.8 Å². The summed E-state index contributed by atoms with van der Waals surface area (Å²) in [6.45, 7) is 2.33. The Morgan fingerprint density at radius 3 is 2.79 bits per heavy atom. The first-order valence-electron chi connectivity index (χ1n) is 7.51. The van der Waals surface area contributed by atoms with Crippen molar-refractivity contribution in [2.75, 3.05) is 19.5 Å². The van der Waals surface area contributed by atoms with Gasteiger partial charge in [0.1, 0.15) is 5.82 Å². The van der Waals surface area contributed by atoms with E-state index in [1.165, 1.54) is 6.08 Å². The van der Waals surface area contributed by atoms with Gasteiger partial charge in [0, 0.05) is 17.7 Å². The number of rotatable bonds is 7. The number of hydrogen-bond donors (Lipinski definition) is 1. The summed E-state index contributed by atoms with van der Waals surface area (Å²) in [7, 11) is 3.19. The van der Waals surface area contributed by atoms with Crippen LogP contribution < -0.4 is 14.8 Å². The van der Waals surface area contributed by atoms with Gasteiger partial charge in [0.05, 0.1) is 27.0 Å². The van der Waals surface area contributed by atoms with Crippen LogP contribution in [0.2, 0.25) is 0 Å². The maximum Gasteiger partial charge on any atom is 0.249 e. The molecule has 24 heavy (non-hydrogen) atoms. The summed E-state index contributed by atoms with van der Waals surface area (Å²) >= 11 is 0. The number of carbonyl (C=O) groups is 1. The van der Waals surface area contributed by atoms with Gasteiger partial charge in [-0.3, -0.25) is 4.79 Å². The Kier molecular flexibility index (Phi) is 6.19. The smallest absolute Gasteiger partial charge is 0.249 e. The minimum atomic E-state index is -0.215. The molecule has 0 bridgehead atoms. The number of methoxy groups -OCH3 is 2. The van der Waals surface area contributed by atoms with Gasteiger partial charge in [-0.1, -0.05) is 30.4 Å². The molecule has 0 saturated carbocycles. The van der Waals surface area contributed by atoms with Crippen molar-refractivity contribution < 1.29 is 14.3 Å². The Labute approximate surface area is 141 Å². The van der Waals surface area contributed by atoms with E-state index in [2.05, 4.69) is 10.4 Å². The van der Waals surface area contributed by atoms with Crippen LogP contribution >= 0.6 is 0 Å². The lowest BCUT2D eigenvalue weighted by molar-refractivity contribution is -0.111. The topological polar surface area (TPSA) is 65.4 Å². The van der Waals surface area contributed by atoms with Crippen LogP contribution in [0.25, 0.3) is 0 Å². The van der Waals surface area contributed by atoms with E-state index in [4.69, 9.17) is 9.47 Å². The number of benzene rings is 1. The quantitative estimate of drug-likeness (QED) is 0.627. The van der Waals surface area contributed by atoms with E-state index in [0.717, 1.165) is 5.56 Å². The lowest BCUT2D eigenvalue weighted by atomic mass is 10.2. The van der Waals surface area contributed by atoms with Gasteiger partial charge in [0.2, 0.25) is 5.91 Å². The Hall–Kier alpha value is -3.02. The summed E-state index contributed by atoms with van der Waals surface area (Å²) < 4.78 is 12.4.